The van der Waals surface area contributed by atoms with E-state index >= 15 is 0 Å². The van der Waals surface area contributed by atoms with Crippen LogP contribution in [-0.2, 0) is 11.2 Å². The smallest absolute Gasteiger partial charge is 0.307 e. The zero-order chi connectivity index (χ0) is 11.6. The predicted molar refractivity (Wildman–Crippen MR) is 53.3 cm³/mol. The fourth-order valence-electron chi connectivity index (χ4n) is 1.39. The van der Waals surface area contributed by atoms with Crippen LogP contribution in [0.2, 0.25) is 0 Å². The second kappa shape index (κ2) is 4.00. The molecule has 0 radical (unpaired) electrons. The molecule has 5 nitrogen and oxygen atoms in total. The van der Waals surface area contributed by atoms with Crippen molar-refractivity contribution in [3.8, 4) is 0 Å². The Bertz CT molecular complexity index is 352. The maximum absolute atomic E-state index is 11.1. The summed E-state index contributed by atoms with van der Waals surface area (Å²) < 4.78 is 4.55. The molecule has 15 heavy (non-hydrogen) atoms. The Labute approximate surface area is 88.4 Å². The number of hydrogen-bond donors (Lipinski definition) is 1. The Morgan fingerprint density at radius 3 is 2.40 bits per heavy atom. The number of aliphatic carboxylic acids is 1. The van der Waals surface area contributed by atoms with E-state index in [0.29, 0.717) is 17.8 Å². The molecule has 0 saturated heterocycles. The number of carboxylic acid groups (broad SMARTS) is 1. The molecule has 1 aromatic rings. The van der Waals surface area contributed by atoms with Gasteiger partial charge >= 0.3 is 5.97 Å². The Kier molecular flexibility index (Phi) is 3.12. The van der Waals surface area contributed by atoms with Gasteiger partial charge in [0.05, 0.1) is 5.92 Å². The molecule has 1 unspecified atom stereocenters. The molecule has 0 aliphatic carbocycles. The number of nitrogens with zero attached hydrogens (tertiary/aromatic N) is 2. The highest BCUT2D eigenvalue weighted by Gasteiger charge is 2.32. The first-order valence-corrected chi connectivity index (χ1v) is 4.83. The molecule has 1 atom stereocenters. The molecule has 1 aromatic heterocycles. The topological polar surface area (TPSA) is 76.2 Å². The number of carbonyl (C=O) groups is 1. The van der Waals surface area contributed by atoms with Gasteiger partial charge in [-0.3, -0.25) is 4.79 Å². The van der Waals surface area contributed by atoms with E-state index in [1.54, 1.807) is 6.92 Å². The molecular formula is C10H16N2O3. The zero-order valence-corrected chi connectivity index (χ0v) is 9.44. The third kappa shape index (κ3) is 2.78. The van der Waals surface area contributed by atoms with E-state index in [-0.39, 0.29) is 5.41 Å². The average Bonchev–Trinajstić information content (AvgIpc) is 2.44. The molecule has 0 saturated carbocycles. The van der Waals surface area contributed by atoms with Crippen molar-refractivity contribution >= 4 is 5.97 Å². The summed E-state index contributed by atoms with van der Waals surface area (Å²) in [6.07, 6.45) is 0.355. The van der Waals surface area contributed by atoms with Gasteiger partial charge in [-0.05, 0) is 12.3 Å². The van der Waals surface area contributed by atoms with Gasteiger partial charge < -0.3 is 5.11 Å². The number of hydrogen-bond acceptors (Lipinski definition) is 4. The lowest BCUT2D eigenvalue weighted by Gasteiger charge is -2.26. The van der Waals surface area contributed by atoms with E-state index in [4.69, 9.17) is 5.11 Å². The van der Waals surface area contributed by atoms with Gasteiger partial charge in [0, 0.05) is 6.42 Å². The molecule has 1 rings (SSSR count). The van der Waals surface area contributed by atoms with Crippen molar-refractivity contribution < 1.29 is 14.5 Å². The van der Waals surface area contributed by atoms with Crippen molar-refractivity contribution in [2.75, 3.05) is 0 Å². The first-order chi connectivity index (χ1) is 6.82. The minimum Gasteiger partial charge on any atom is -0.481 e. The molecule has 0 spiro atoms. The van der Waals surface area contributed by atoms with Crippen LogP contribution in [0.4, 0.5) is 0 Å². The van der Waals surface area contributed by atoms with E-state index in [1.807, 2.05) is 20.8 Å². The van der Waals surface area contributed by atoms with E-state index in [9.17, 15) is 4.79 Å². The molecule has 0 aromatic carbocycles. The van der Waals surface area contributed by atoms with Crippen molar-refractivity contribution in [2.45, 2.75) is 34.1 Å². The van der Waals surface area contributed by atoms with Crippen LogP contribution in [0.25, 0.3) is 0 Å². The summed E-state index contributed by atoms with van der Waals surface area (Å²) in [5.41, 5.74) is 0.972. The van der Waals surface area contributed by atoms with E-state index in [2.05, 4.69) is 14.9 Å². The van der Waals surface area contributed by atoms with Crippen LogP contribution in [-0.4, -0.2) is 21.4 Å². The Balaban J connectivity index is 2.86. The summed E-state index contributed by atoms with van der Waals surface area (Å²) >= 11 is 0. The lowest BCUT2D eigenvalue weighted by Crippen LogP contribution is -2.30. The summed E-state index contributed by atoms with van der Waals surface area (Å²) in [4.78, 5) is 11.1. The zero-order valence-electron chi connectivity index (χ0n) is 9.44. The van der Waals surface area contributed by atoms with Crippen LogP contribution in [0.5, 0.6) is 0 Å². The molecular weight excluding hydrogens is 196 g/mol. The summed E-state index contributed by atoms with van der Waals surface area (Å²) in [5, 5.41) is 16.5. The highest BCUT2D eigenvalue weighted by atomic mass is 16.6. The Morgan fingerprint density at radius 1 is 1.47 bits per heavy atom. The molecule has 0 aliphatic rings. The molecule has 1 heterocycles. The molecule has 0 bridgehead atoms. The van der Waals surface area contributed by atoms with E-state index in [0.717, 1.165) is 0 Å². The van der Waals surface area contributed by atoms with Crippen molar-refractivity contribution in [1.29, 1.82) is 0 Å². The summed E-state index contributed by atoms with van der Waals surface area (Å²) in [5.74, 6) is -1.30. The molecule has 0 amide bonds. The lowest BCUT2D eigenvalue weighted by molar-refractivity contribution is -0.145. The number of rotatable bonds is 3. The minimum absolute atomic E-state index is 0.308. The maximum atomic E-state index is 11.1. The molecule has 1 N–H and O–H groups in total. The summed E-state index contributed by atoms with van der Waals surface area (Å²) in [7, 11) is 0. The normalized spacial score (nSPS) is 13.9. The van der Waals surface area contributed by atoms with Gasteiger partial charge in [-0.2, -0.15) is 0 Å². The SMILES string of the molecule is Cc1nonc1CC(C(=O)O)C(C)(C)C. The monoisotopic (exact) mass is 212 g/mol. The minimum atomic E-state index is -0.815. The number of aromatic nitrogens is 2. The van der Waals surface area contributed by atoms with E-state index < -0.39 is 11.9 Å². The van der Waals surface area contributed by atoms with Crippen LogP contribution in [0, 0.1) is 18.3 Å². The van der Waals surface area contributed by atoms with Crippen LogP contribution in [0.1, 0.15) is 32.2 Å². The highest BCUT2D eigenvalue weighted by Crippen LogP contribution is 2.29. The Hall–Kier alpha value is -1.39. The van der Waals surface area contributed by atoms with Gasteiger partial charge in [0.2, 0.25) is 0 Å². The second-order valence-electron chi connectivity index (χ2n) is 4.76. The first kappa shape index (κ1) is 11.7. The van der Waals surface area contributed by atoms with Gasteiger partial charge in [-0.25, -0.2) is 4.63 Å². The molecule has 5 heteroatoms. The fourth-order valence-corrected chi connectivity index (χ4v) is 1.39. The van der Waals surface area contributed by atoms with Crippen molar-refractivity contribution in [3.05, 3.63) is 11.4 Å². The van der Waals surface area contributed by atoms with Crippen LogP contribution < -0.4 is 0 Å². The second-order valence-corrected chi connectivity index (χ2v) is 4.76. The van der Waals surface area contributed by atoms with Crippen LogP contribution in [0.15, 0.2) is 4.63 Å². The fraction of sp³-hybridized carbons (Fsp3) is 0.700. The average molecular weight is 212 g/mol. The number of carboxylic acids is 1. The van der Waals surface area contributed by atoms with Crippen LogP contribution >= 0.6 is 0 Å². The summed E-state index contributed by atoms with van der Waals surface area (Å²) in [6, 6.07) is 0. The highest BCUT2D eigenvalue weighted by molar-refractivity contribution is 5.71. The van der Waals surface area contributed by atoms with Gasteiger partial charge in [0.15, 0.2) is 0 Å². The van der Waals surface area contributed by atoms with Gasteiger partial charge in [-0.1, -0.05) is 31.1 Å². The third-order valence-corrected chi connectivity index (χ3v) is 2.49. The third-order valence-electron chi connectivity index (χ3n) is 2.49. The quantitative estimate of drug-likeness (QED) is 0.824. The van der Waals surface area contributed by atoms with Gasteiger partial charge in [0.1, 0.15) is 11.4 Å². The number of aryl methyl sites for hydroxylation is 1. The largest absolute Gasteiger partial charge is 0.481 e. The Morgan fingerprint density at radius 2 is 2.07 bits per heavy atom. The van der Waals surface area contributed by atoms with Gasteiger partial charge in [0.25, 0.3) is 0 Å². The maximum Gasteiger partial charge on any atom is 0.307 e. The van der Waals surface area contributed by atoms with E-state index in [1.165, 1.54) is 0 Å². The lowest BCUT2D eigenvalue weighted by atomic mass is 9.78. The predicted octanol–water partition coefficient (Wildman–Crippen LogP) is 1.67. The van der Waals surface area contributed by atoms with Crippen molar-refractivity contribution in [1.82, 2.24) is 10.3 Å². The summed E-state index contributed by atoms with van der Waals surface area (Å²) in [6.45, 7) is 7.45. The van der Waals surface area contributed by atoms with Crippen LogP contribution in [0.3, 0.4) is 0 Å². The molecule has 84 valence electrons. The molecule has 0 aliphatic heterocycles. The molecule has 0 fully saturated rings. The van der Waals surface area contributed by atoms with Crippen molar-refractivity contribution in [2.24, 2.45) is 11.3 Å². The van der Waals surface area contributed by atoms with Gasteiger partial charge in [-0.15, -0.1) is 0 Å². The standard InChI is InChI=1S/C10H16N2O3/c1-6-8(12-15-11-6)5-7(9(13)14)10(2,3)4/h7H,5H2,1-4H3,(H,13,14). The van der Waals surface area contributed by atoms with Crippen molar-refractivity contribution in [3.63, 3.8) is 0 Å². The first-order valence-electron chi connectivity index (χ1n) is 4.83.